The van der Waals surface area contributed by atoms with Crippen LogP contribution in [0.1, 0.15) is 164 Å². The van der Waals surface area contributed by atoms with Crippen molar-refractivity contribution < 1.29 is 39.4 Å². The summed E-state index contributed by atoms with van der Waals surface area (Å²) in [5.41, 5.74) is 26.9. The van der Waals surface area contributed by atoms with Crippen LogP contribution in [0.3, 0.4) is 0 Å². The first-order valence-corrected chi connectivity index (χ1v) is 32.8. The van der Waals surface area contributed by atoms with Gasteiger partial charge in [0.1, 0.15) is 23.3 Å². The molecule has 3 amide bonds. The maximum absolute atomic E-state index is 12.9. The van der Waals surface area contributed by atoms with E-state index in [1.165, 1.54) is 11.8 Å². The number of benzene rings is 7. The van der Waals surface area contributed by atoms with Gasteiger partial charge in [-0.2, -0.15) is 20.7 Å². The second kappa shape index (κ2) is 33.5. The van der Waals surface area contributed by atoms with Gasteiger partial charge in [-0.25, -0.2) is 14.8 Å². The zero-order valence-corrected chi connectivity index (χ0v) is 56.1. The van der Waals surface area contributed by atoms with E-state index in [0.717, 1.165) is 65.8 Å². The molecule has 11 N–H and O–H groups in total. The number of hydrogen-bond acceptors (Lipinski definition) is 15. The van der Waals surface area contributed by atoms with Crippen molar-refractivity contribution in [3.8, 4) is 23.5 Å². The number of carbonyl (C=O) groups excluding carboxylic acids is 7. The highest BCUT2D eigenvalue weighted by atomic mass is 32.2. The number of nitrogens with two attached hydrogens (primary N) is 2. The number of carbonyl (C=O) groups is 7. The number of allylic oxidation sites excluding steroid dienone is 2. The fourth-order valence-electron chi connectivity index (χ4n) is 9.81. The summed E-state index contributed by atoms with van der Waals surface area (Å²) in [7, 11) is 0. The summed E-state index contributed by atoms with van der Waals surface area (Å²) < 4.78 is 3.10. The third kappa shape index (κ3) is 19.1. The van der Waals surface area contributed by atoms with Gasteiger partial charge in [0.2, 0.25) is 5.78 Å². The standard InChI is InChI=1S/2C22H22N4O2.C12H11NOS.C11H15N3O.C9H7NO/c2*1-13-8-9-16(22(28)24-17-10-11-17)12-18(13)26-21(23)19(14(2)25-26)20(27)15-6-4-3-5-7-15;1-9(15-2)11(8-13)12(14)10-6-4-3-5-7-10;1-7-2-3-8(6-10(7)14-12)11(15)13-9-4-5-9;10-7-6-9(11)8-4-2-1-3-5-8/h2*3-9,12,17H,10-11,23H2,1-2H3,(H,24,28);3-7H,1-2H3;2-3,6,9,14H,4-5,12H2,1H3,(H,13,15);1-5H,6H2/p+1/b;;11-9+;;. The van der Waals surface area contributed by atoms with E-state index >= 15 is 0 Å². The summed E-state index contributed by atoms with van der Waals surface area (Å²) in [6.45, 7) is 11.1. The molecule has 3 saturated carbocycles. The number of nitrogens with one attached hydrogen (secondary N) is 4. The number of aromatic nitrogens is 4. The molecule has 20 nitrogen and oxygen atoms in total. The third-order valence-corrected chi connectivity index (χ3v) is 16.7. The molecule has 0 bridgehead atoms. The van der Waals surface area contributed by atoms with E-state index in [1.807, 2.05) is 118 Å². The van der Waals surface area contributed by atoms with Gasteiger partial charge in [-0.05, 0) is 139 Å². The SMILES string of the molecule is CS/C(C)=C(\C#N)C(=O)c1ccccc1.Cc1ccc(C(=O)NC2CC2)cc1-n1nc(C)c(C(=O)c2ccccc2)c1N.Cc1ccc(C(=O)NC2CC2)cc1-n1nc(C)c(C(=O)c2ccccc2)c1N.Cc1ccc(C(=O)NC2CC2)cc1N[NH3+].N#CCC(=O)c1ccccc1. The largest absolute Gasteiger partial charge is 0.383 e. The van der Waals surface area contributed by atoms with E-state index in [1.54, 1.807) is 127 Å². The zero-order chi connectivity index (χ0) is 69.9. The highest BCUT2D eigenvalue weighted by Gasteiger charge is 2.29. The average molecular weight is 1320 g/mol. The quantitative estimate of drug-likeness (QED) is 0.0182. The molecular weight excluding hydrogens is 1240 g/mol. The van der Waals surface area contributed by atoms with Gasteiger partial charge in [-0.15, -0.1) is 11.8 Å². The fraction of sp³-hybridized carbons (Fsp3) is 0.224. The molecule has 0 radical (unpaired) electrons. The van der Waals surface area contributed by atoms with Crippen molar-refractivity contribution in [2.75, 3.05) is 23.1 Å². The number of amides is 3. The number of Topliss-reactive ketones (excluding diaryl/α,β-unsaturated/α-hetero) is 2. The number of thioether (sulfide) groups is 1. The number of nitrogens with zero attached hydrogens (tertiary/aromatic N) is 6. The zero-order valence-electron chi connectivity index (χ0n) is 55.2. The molecule has 494 valence electrons. The Labute approximate surface area is 568 Å². The maximum Gasteiger partial charge on any atom is 0.251 e. The van der Waals surface area contributed by atoms with Crippen molar-refractivity contribution in [2.24, 2.45) is 0 Å². The van der Waals surface area contributed by atoms with Crippen molar-refractivity contribution >= 4 is 69.9 Å². The van der Waals surface area contributed by atoms with Crippen molar-refractivity contribution in [2.45, 2.75) is 105 Å². The first-order valence-electron chi connectivity index (χ1n) is 31.5. The molecule has 0 spiro atoms. The highest BCUT2D eigenvalue weighted by molar-refractivity contribution is 8.02. The van der Waals surface area contributed by atoms with Gasteiger partial charge in [0.05, 0.1) is 52.1 Å². The molecule has 21 heteroatoms. The summed E-state index contributed by atoms with van der Waals surface area (Å²) in [6.07, 6.45) is 8.15. The Morgan fingerprint density at radius 2 is 0.856 bits per heavy atom. The third-order valence-electron chi connectivity index (χ3n) is 15.9. The van der Waals surface area contributed by atoms with E-state index < -0.39 is 0 Å². The van der Waals surface area contributed by atoms with E-state index in [4.69, 9.17) is 22.0 Å². The second-order valence-electron chi connectivity index (χ2n) is 23.4. The minimum Gasteiger partial charge on any atom is -0.383 e. The molecular formula is C76H78N13O7S+. The van der Waals surface area contributed by atoms with E-state index in [0.29, 0.717) is 78.9 Å². The smallest absolute Gasteiger partial charge is 0.251 e. The molecule has 3 aliphatic rings. The van der Waals surface area contributed by atoms with E-state index in [-0.39, 0.29) is 76.6 Å². The van der Waals surface area contributed by atoms with Gasteiger partial charge in [0.25, 0.3) is 17.7 Å². The molecule has 0 aliphatic heterocycles. The van der Waals surface area contributed by atoms with Crippen molar-refractivity contribution in [1.82, 2.24) is 35.5 Å². The molecule has 3 aliphatic carbocycles. The predicted molar refractivity (Wildman–Crippen MR) is 377 cm³/mol. The van der Waals surface area contributed by atoms with Crippen molar-refractivity contribution in [1.29, 1.82) is 10.5 Å². The summed E-state index contributed by atoms with van der Waals surface area (Å²) in [5, 5.41) is 35.1. The van der Waals surface area contributed by atoms with Gasteiger partial charge in [-0.3, -0.25) is 39.4 Å². The number of hydrogen-bond donors (Lipinski definition) is 7. The fourth-order valence-corrected chi connectivity index (χ4v) is 10.2. The minimum absolute atomic E-state index is 0.00833. The molecule has 0 saturated heterocycles. The van der Waals surface area contributed by atoms with Gasteiger partial charge >= 0.3 is 0 Å². The van der Waals surface area contributed by atoms with Crippen LogP contribution in [-0.2, 0) is 0 Å². The lowest BCUT2D eigenvalue weighted by molar-refractivity contribution is -0.325. The van der Waals surface area contributed by atoms with Crippen LogP contribution in [0.25, 0.3) is 11.4 Å². The summed E-state index contributed by atoms with van der Waals surface area (Å²) in [5.74, 6) is 3.30. The Balaban J connectivity index is 0.000000162. The lowest BCUT2D eigenvalue weighted by atomic mass is 10.0. The number of ketones is 4. The maximum atomic E-state index is 12.9. The molecule has 3 fully saturated rings. The second-order valence-corrected chi connectivity index (χ2v) is 24.4. The van der Waals surface area contributed by atoms with Crippen LogP contribution in [0.2, 0.25) is 0 Å². The topological polar surface area (TPSA) is 331 Å². The first-order chi connectivity index (χ1) is 46.7. The van der Waals surface area contributed by atoms with Gasteiger partial charge in [0, 0.05) is 62.0 Å². The number of anilines is 3. The Hall–Kier alpha value is -11.5. The van der Waals surface area contributed by atoms with Crippen molar-refractivity contribution in [3.05, 3.63) is 265 Å². The van der Waals surface area contributed by atoms with Gasteiger partial charge in [-0.1, -0.05) is 140 Å². The van der Waals surface area contributed by atoms with E-state index in [2.05, 4.69) is 37.4 Å². The van der Waals surface area contributed by atoms with Gasteiger partial charge < -0.3 is 27.4 Å². The summed E-state index contributed by atoms with van der Waals surface area (Å²) >= 11 is 1.42. The number of aryl methyl sites for hydroxylation is 5. The predicted octanol–water partition coefficient (Wildman–Crippen LogP) is 11.7. The molecule has 0 atom stereocenters. The number of nitrogen functional groups attached to an aromatic ring is 2. The molecule has 0 unspecified atom stereocenters. The van der Waals surface area contributed by atoms with Crippen LogP contribution in [-0.4, -0.2) is 84.8 Å². The molecule has 12 rings (SSSR count). The number of nitriles is 2. The molecule has 9 aromatic rings. The number of rotatable bonds is 18. The van der Waals surface area contributed by atoms with Crippen molar-refractivity contribution in [3.63, 3.8) is 0 Å². The molecule has 2 aromatic heterocycles. The average Bonchev–Trinajstić information content (AvgIpc) is 1.65. The Morgan fingerprint density at radius 1 is 0.505 bits per heavy atom. The normalized spacial score (nSPS) is 12.8. The lowest BCUT2D eigenvalue weighted by Crippen LogP contribution is -2.56. The Morgan fingerprint density at radius 3 is 1.20 bits per heavy atom. The first kappa shape index (κ1) is 71.3. The summed E-state index contributed by atoms with van der Waals surface area (Å²) in [4.78, 5) is 86.1. The minimum atomic E-state index is -0.204. The molecule has 97 heavy (non-hydrogen) atoms. The van der Waals surface area contributed by atoms with Crippen LogP contribution in [0, 0.1) is 57.3 Å². The Kier molecular flexibility index (Phi) is 24.7. The van der Waals surface area contributed by atoms with Crippen LogP contribution in [0.4, 0.5) is 17.3 Å². The highest BCUT2D eigenvalue weighted by Crippen LogP contribution is 2.30. The van der Waals surface area contributed by atoms with E-state index in [9.17, 15) is 33.6 Å². The Bertz CT molecular complexity index is 4310. The monoisotopic (exact) mass is 1320 g/mol. The molecule has 2 heterocycles. The number of quaternary nitrogens is 1. The van der Waals surface area contributed by atoms with Gasteiger partial charge in [0.15, 0.2) is 17.3 Å². The van der Waals surface area contributed by atoms with Crippen LogP contribution in [0.5, 0.6) is 0 Å². The van der Waals surface area contributed by atoms with Crippen LogP contribution >= 0.6 is 11.8 Å². The lowest BCUT2D eigenvalue weighted by Gasteiger charge is -2.11. The van der Waals surface area contributed by atoms with Crippen LogP contribution < -0.4 is 38.7 Å². The van der Waals surface area contributed by atoms with Crippen LogP contribution in [0.15, 0.2) is 186 Å². The molecule has 7 aromatic carbocycles. The summed E-state index contributed by atoms with van der Waals surface area (Å²) in [6, 6.07) is 56.9.